The van der Waals surface area contributed by atoms with Crippen molar-refractivity contribution in [3.8, 4) is 11.5 Å². The average Bonchev–Trinajstić information content (AvgIpc) is 2.62. The Morgan fingerprint density at radius 3 is 1.50 bits per heavy atom. The van der Waals surface area contributed by atoms with Gasteiger partial charge in [-0.05, 0) is 51.0 Å². The third kappa shape index (κ3) is 3.08. The molecule has 0 aliphatic carbocycles. The quantitative estimate of drug-likeness (QED) is 0.629. The Morgan fingerprint density at radius 2 is 1.12 bits per heavy atom. The maximum atomic E-state index is 6.28. The smallest absolute Gasteiger partial charge is 0.133 e. The molecule has 0 amide bonds. The highest BCUT2D eigenvalue weighted by Crippen LogP contribution is 2.40. The number of anilines is 2. The highest BCUT2D eigenvalue weighted by atomic mass is 16.5. The zero-order valence-corrected chi connectivity index (χ0v) is 15.3. The number of hydrogen-bond acceptors (Lipinski definition) is 3. The standard InChI is InChI=1S/C21H28N2O/c1-5-22(6-2)18-11-9-16-13-17-10-12-19(23(7-3)8-4)15-21(17)24-20(16)14-18/h9-12,14-15H,5-8,13H2,1-4H3. The molecule has 3 heteroatoms. The second kappa shape index (κ2) is 7.16. The third-order valence-electron chi connectivity index (χ3n) is 4.96. The van der Waals surface area contributed by atoms with Crippen LogP contribution in [-0.4, -0.2) is 26.2 Å². The zero-order valence-electron chi connectivity index (χ0n) is 15.3. The second-order valence-electron chi connectivity index (χ2n) is 6.21. The molecule has 0 saturated carbocycles. The van der Waals surface area contributed by atoms with Crippen LogP contribution in [0.3, 0.4) is 0 Å². The van der Waals surface area contributed by atoms with Gasteiger partial charge in [0.2, 0.25) is 0 Å². The second-order valence-corrected chi connectivity index (χ2v) is 6.21. The fourth-order valence-corrected chi connectivity index (χ4v) is 3.46. The van der Waals surface area contributed by atoms with Gasteiger partial charge in [-0.15, -0.1) is 0 Å². The van der Waals surface area contributed by atoms with Gasteiger partial charge in [-0.25, -0.2) is 0 Å². The molecule has 0 radical (unpaired) electrons. The topological polar surface area (TPSA) is 15.7 Å². The Balaban J connectivity index is 1.91. The Bertz CT molecular complexity index is 643. The summed E-state index contributed by atoms with van der Waals surface area (Å²) in [6.07, 6.45) is 0.946. The number of benzene rings is 2. The van der Waals surface area contributed by atoms with Crippen molar-refractivity contribution >= 4 is 11.4 Å². The van der Waals surface area contributed by atoms with E-state index >= 15 is 0 Å². The van der Waals surface area contributed by atoms with Gasteiger partial charge < -0.3 is 14.5 Å². The van der Waals surface area contributed by atoms with Crippen LogP contribution in [0.2, 0.25) is 0 Å². The predicted molar refractivity (Wildman–Crippen MR) is 103 cm³/mol. The van der Waals surface area contributed by atoms with Gasteiger partial charge in [0.05, 0.1) is 0 Å². The number of nitrogens with zero attached hydrogens (tertiary/aromatic N) is 2. The predicted octanol–water partition coefficient (Wildman–Crippen LogP) is 5.08. The van der Waals surface area contributed by atoms with E-state index in [0.717, 1.165) is 44.1 Å². The molecule has 3 rings (SSSR count). The van der Waals surface area contributed by atoms with Gasteiger partial charge in [0.1, 0.15) is 11.5 Å². The minimum absolute atomic E-state index is 0.946. The van der Waals surface area contributed by atoms with E-state index in [1.54, 1.807) is 0 Å². The molecule has 2 aromatic rings. The first kappa shape index (κ1) is 16.7. The van der Waals surface area contributed by atoms with E-state index in [0.29, 0.717) is 0 Å². The van der Waals surface area contributed by atoms with Gasteiger partial charge in [0.15, 0.2) is 0 Å². The summed E-state index contributed by atoms with van der Waals surface area (Å²) in [5, 5.41) is 0. The Labute approximate surface area is 145 Å². The van der Waals surface area contributed by atoms with Gasteiger partial charge in [-0.3, -0.25) is 0 Å². The van der Waals surface area contributed by atoms with Gasteiger partial charge in [-0.2, -0.15) is 0 Å². The summed E-state index contributed by atoms with van der Waals surface area (Å²) >= 11 is 0. The van der Waals surface area contributed by atoms with Crippen LogP contribution in [0.1, 0.15) is 38.8 Å². The molecule has 24 heavy (non-hydrogen) atoms. The Morgan fingerprint density at radius 1 is 0.708 bits per heavy atom. The molecule has 3 nitrogen and oxygen atoms in total. The van der Waals surface area contributed by atoms with E-state index < -0.39 is 0 Å². The molecule has 0 spiro atoms. The van der Waals surface area contributed by atoms with Gasteiger partial charge in [0, 0.05) is 56.1 Å². The molecule has 0 N–H and O–H groups in total. The summed E-state index contributed by atoms with van der Waals surface area (Å²) in [7, 11) is 0. The molecule has 128 valence electrons. The van der Waals surface area contributed by atoms with E-state index in [4.69, 9.17) is 4.74 Å². The molecule has 0 unspecified atom stereocenters. The van der Waals surface area contributed by atoms with Crippen molar-refractivity contribution < 1.29 is 4.74 Å². The van der Waals surface area contributed by atoms with Crippen LogP contribution >= 0.6 is 0 Å². The first-order valence-corrected chi connectivity index (χ1v) is 9.13. The molecule has 0 bridgehead atoms. The molecular formula is C21H28N2O. The summed E-state index contributed by atoms with van der Waals surface area (Å²) in [6, 6.07) is 13.2. The highest BCUT2D eigenvalue weighted by Gasteiger charge is 2.19. The van der Waals surface area contributed by atoms with Crippen LogP contribution in [-0.2, 0) is 6.42 Å². The lowest BCUT2D eigenvalue weighted by atomic mass is 9.99. The summed E-state index contributed by atoms with van der Waals surface area (Å²) in [5.41, 5.74) is 5.02. The van der Waals surface area contributed by atoms with E-state index in [1.807, 2.05) is 0 Å². The minimum atomic E-state index is 0.946. The molecule has 1 heterocycles. The van der Waals surface area contributed by atoms with Crippen molar-refractivity contribution in [2.45, 2.75) is 34.1 Å². The lowest BCUT2D eigenvalue weighted by molar-refractivity contribution is 0.460. The van der Waals surface area contributed by atoms with E-state index in [2.05, 4.69) is 73.9 Å². The van der Waals surface area contributed by atoms with Crippen LogP contribution in [0.15, 0.2) is 36.4 Å². The van der Waals surface area contributed by atoms with E-state index in [1.165, 1.54) is 22.5 Å². The Kier molecular flexibility index (Phi) is 4.98. The molecule has 2 aromatic carbocycles. The zero-order chi connectivity index (χ0) is 17.1. The van der Waals surface area contributed by atoms with Crippen LogP contribution in [0.4, 0.5) is 11.4 Å². The van der Waals surface area contributed by atoms with Crippen LogP contribution < -0.4 is 14.5 Å². The summed E-state index contributed by atoms with van der Waals surface area (Å²) in [6.45, 7) is 12.8. The normalized spacial score (nSPS) is 12.2. The first-order chi connectivity index (χ1) is 11.7. The van der Waals surface area contributed by atoms with Crippen LogP contribution in [0.5, 0.6) is 11.5 Å². The van der Waals surface area contributed by atoms with Crippen LogP contribution in [0.25, 0.3) is 0 Å². The SMILES string of the molecule is CCN(CC)c1ccc2c(c1)Oc1cc(N(CC)CC)ccc1C2. The van der Waals surface area contributed by atoms with Crippen molar-refractivity contribution in [1.82, 2.24) is 0 Å². The number of ether oxygens (including phenoxy) is 1. The van der Waals surface area contributed by atoms with Gasteiger partial charge >= 0.3 is 0 Å². The Hall–Kier alpha value is -2.16. The number of hydrogen-bond donors (Lipinski definition) is 0. The van der Waals surface area contributed by atoms with Crippen molar-refractivity contribution in [1.29, 1.82) is 0 Å². The summed E-state index contributed by atoms with van der Waals surface area (Å²) in [4.78, 5) is 4.71. The summed E-state index contributed by atoms with van der Waals surface area (Å²) < 4.78 is 6.28. The van der Waals surface area contributed by atoms with Crippen molar-refractivity contribution in [2.75, 3.05) is 36.0 Å². The molecule has 0 fully saturated rings. The fraction of sp³-hybridized carbons (Fsp3) is 0.429. The minimum Gasteiger partial charge on any atom is -0.457 e. The van der Waals surface area contributed by atoms with Crippen LogP contribution in [0, 0.1) is 0 Å². The summed E-state index contributed by atoms with van der Waals surface area (Å²) in [5.74, 6) is 2.01. The molecule has 0 saturated heterocycles. The molecule has 0 atom stereocenters. The third-order valence-corrected chi connectivity index (χ3v) is 4.96. The lowest BCUT2D eigenvalue weighted by Gasteiger charge is -2.27. The maximum Gasteiger partial charge on any atom is 0.133 e. The molecule has 1 aliphatic rings. The van der Waals surface area contributed by atoms with Crippen molar-refractivity contribution in [2.24, 2.45) is 0 Å². The van der Waals surface area contributed by atoms with E-state index in [-0.39, 0.29) is 0 Å². The molecular weight excluding hydrogens is 296 g/mol. The van der Waals surface area contributed by atoms with Gasteiger partial charge in [0.25, 0.3) is 0 Å². The van der Waals surface area contributed by atoms with E-state index in [9.17, 15) is 0 Å². The highest BCUT2D eigenvalue weighted by molar-refractivity contribution is 5.61. The van der Waals surface area contributed by atoms with Crippen molar-refractivity contribution in [3.63, 3.8) is 0 Å². The largest absolute Gasteiger partial charge is 0.457 e. The van der Waals surface area contributed by atoms with Gasteiger partial charge in [-0.1, -0.05) is 12.1 Å². The fourth-order valence-electron chi connectivity index (χ4n) is 3.46. The average molecular weight is 324 g/mol. The number of fused-ring (bicyclic) bond motifs is 2. The van der Waals surface area contributed by atoms with Crippen molar-refractivity contribution in [3.05, 3.63) is 47.5 Å². The maximum absolute atomic E-state index is 6.28. The number of rotatable bonds is 6. The molecule has 1 aliphatic heterocycles. The monoisotopic (exact) mass is 324 g/mol. The first-order valence-electron chi connectivity index (χ1n) is 9.13. The lowest BCUT2D eigenvalue weighted by Crippen LogP contribution is -2.22. The molecule has 0 aromatic heterocycles.